The molecule has 0 aliphatic carbocycles. The lowest BCUT2D eigenvalue weighted by Crippen LogP contribution is -2.04. The van der Waals surface area contributed by atoms with Crippen molar-refractivity contribution < 1.29 is 28.2 Å². The highest BCUT2D eigenvalue weighted by molar-refractivity contribution is 5.89. The van der Waals surface area contributed by atoms with Gasteiger partial charge >= 0.3 is 11.9 Å². The van der Waals surface area contributed by atoms with E-state index in [1.807, 2.05) is 0 Å². The van der Waals surface area contributed by atoms with E-state index in [1.54, 1.807) is 0 Å². The van der Waals surface area contributed by atoms with Crippen molar-refractivity contribution in [3.63, 3.8) is 0 Å². The SMILES string of the molecule is COC(=O)c1coc(CNc2cc(C(=O)O)ccc2F)c1. The molecule has 110 valence electrons. The fourth-order valence-electron chi connectivity index (χ4n) is 1.67. The summed E-state index contributed by atoms with van der Waals surface area (Å²) in [4.78, 5) is 22.1. The van der Waals surface area contributed by atoms with Crippen molar-refractivity contribution in [3.05, 3.63) is 53.2 Å². The number of hydrogen-bond donors (Lipinski definition) is 2. The van der Waals surface area contributed by atoms with Crippen LogP contribution in [0.2, 0.25) is 0 Å². The number of hydrogen-bond acceptors (Lipinski definition) is 5. The molecule has 0 aliphatic rings. The van der Waals surface area contributed by atoms with Crippen molar-refractivity contribution in [1.82, 2.24) is 0 Å². The molecule has 7 heteroatoms. The summed E-state index contributed by atoms with van der Waals surface area (Å²) in [5, 5.41) is 11.6. The van der Waals surface area contributed by atoms with Crippen LogP contribution in [-0.4, -0.2) is 24.2 Å². The molecule has 21 heavy (non-hydrogen) atoms. The van der Waals surface area contributed by atoms with Crippen LogP contribution in [0.3, 0.4) is 0 Å². The smallest absolute Gasteiger partial charge is 0.341 e. The van der Waals surface area contributed by atoms with Crippen LogP contribution in [0.5, 0.6) is 0 Å². The van der Waals surface area contributed by atoms with E-state index >= 15 is 0 Å². The fourth-order valence-corrected chi connectivity index (χ4v) is 1.67. The highest BCUT2D eigenvalue weighted by Crippen LogP contribution is 2.18. The first-order valence-corrected chi connectivity index (χ1v) is 5.93. The second-order valence-corrected chi connectivity index (χ2v) is 4.15. The lowest BCUT2D eigenvalue weighted by molar-refractivity contribution is 0.0599. The standard InChI is InChI=1S/C14H12FNO5/c1-20-14(19)9-4-10(21-7-9)6-16-12-5-8(13(17)18)2-3-11(12)15/h2-5,7,16H,6H2,1H3,(H,17,18). The number of methoxy groups -OCH3 is 1. The van der Waals surface area contributed by atoms with Gasteiger partial charge in [-0.1, -0.05) is 0 Å². The van der Waals surface area contributed by atoms with Gasteiger partial charge in [0.15, 0.2) is 0 Å². The molecule has 2 aromatic rings. The molecule has 0 saturated heterocycles. The first-order chi connectivity index (χ1) is 10.0. The predicted octanol–water partition coefficient (Wildman–Crippen LogP) is 2.52. The maximum atomic E-state index is 13.6. The zero-order valence-electron chi connectivity index (χ0n) is 11.1. The molecule has 1 aromatic heterocycles. The van der Waals surface area contributed by atoms with Gasteiger partial charge < -0.3 is 19.6 Å². The number of halogens is 1. The minimum Gasteiger partial charge on any atom is -0.478 e. The molecular weight excluding hydrogens is 281 g/mol. The van der Waals surface area contributed by atoms with Crippen LogP contribution in [0, 0.1) is 5.82 Å². The first kappa shape index (κ1) is 14.6. The number of esters is 1. The third kappa shape index (κ3) is 3.38. The lowest BCUT2D eigenvalue weighted by atomic mass is 10.2. The third-order valence-corrected chi connectivity index (χ3v) is 2.74. The Hall–Kier alpha value is -2.83. The molecule has 0 atom stereocenters. The van der Waals surface area contributed by atoms with E-state index in [0.29, 0.717) is 5.76 Å². The number of carbonyl (C=O) groups excluding carboxylic acids is 1. The number of nitrogens with one attached hydrogen (secondary N) is 1. The van der Waals surface area contributed by atoms with Crippen molar-refractivity contribution in [3.8, 4) is 0 Å². The minimum atomic E-state index is -1.15. The third-order valence-electron chi connectivity index (χ3n) is 2.74. The molecule has 0 bridgehead atoms. The summed E-state index contributed by atoms with van der Waals surface area (Å²) < 4.78 is 23.2. The van der Waals surface area contributed by atoms with E-state index in [4.69, 9.17) is 9.52 Å². The van der Waals surface area contributed by atoms with Crippen LogP contribution in [-0.2, 0) is 11.3 Å². The minimum absolute atomic E-state index is 0.0333. The summed E-state index contributed by atoms with van der Waals surface area (Å²) in [7, 11) is 1.25. The first-order valence-electron chi connectivity index (χ1n) is 5.93. The van der Waals surface area contributed by atoms with Crippen LogP contribution in [0.15, 0.2) is 34.9 Å². The summed E-state index contributed by atoms with van der Waals surface area (Å²) in [5.41, 5.74) is 0.244. The molecule has 1 heterocycles. The maximum absolute atomic E-state index is 13.6. The van der Waals surface area contributed by atoms with Crippen molar-refractivity contribution in [2.45, 2.75) is 6.54 Å². The normalized spacial score (nSPS) is 10.2. The molecule has 0 spiro atoms. The van der Waals surface area contributed by atoms with E-state index in [0.717, 1.165) is 6.07 Å². The van der Waals surface area contributed by atoms with Gasteiger partial charge in [0.2, 0.25) is 0 Å². The van der Waals surface area contributed by atoms with Gasteiger partial charge in [0.1, 0.15) is 17.8 Å². The van der Waals surface area contributed by atoms with Crippen LogP contribution in [0.25, 0.3) is 0 Å². The summed E-state index contributed by atoms with van der Waals surface area (Å²) in [6.07, 6.45) is 1.23. The number of furan rings is 1. The number of carbonyl (C=O) groups is 2. The van der Waals surface area contributed by atoms with Gasteiger partial charge in [-0.2, -0.15) is 0 Å². The van der Waals surface area contributed by atoms with Gasteiger partial charge in [-0.3, -0.25) is 0 Å². The number of carboxylic acids is 1. The summed E-state index contributed by atoms with van der Waals surface area (Å²) >= 11 is 0. The summed E-state index contributed by atoms with van der Waals surface area (Å²) in [6.45, 7) is 0.0942. The zero-order chi connectivity index (χ0) is 15.4. The monoisotopic (exact) mass is 293 g/mol. The lowest BCUT2D eigenvalue weighted by Gasteiger charge is -2.06. The van der Waals surface area contributed by atoms with Gasteiger partial charge in [0.25, 0.3) is 0 Å². The molecule has 0 aliphatic heterocycles. The Morgan fingerprint density at radius 1 is 1.33 bits per heavy atom. The number of carboxylic acid groups (broad SMARTS) is 1. The highest BCUT2D eigenvalue weighted by atomic mass is 19.1. The Balaban J connectivity index is 2.09. The molecule has 2 N–H and O–H groups in total. The Labute approximate surface area is 119 Å². The van der Waals surface area contributed by atoms with Gasteiger partial charge in [-0.05, 0) is 24.3 Å². The number of aromatic carboxylic acids is 1. The van der Waals surface area contributed by atoms with Crippen molar-refractivity contribution in [2.24, 2.45) is 0 Å². The van der Waals surface area contributed by atoms with Crippen molar-refractivity contribution >= 4 is 17.6 Å². The molecule has 0 saturated carbocycles. The van der Waals surface area contributed by atoms with E-state index < -0.39 is 17.8 Å². The molecule has 0 unspecified atom stereocenters. The predicted molar refractivity (Wildman–Crippen MR) is 70.7 cm³/mol. The number of rotatable bonds is 5. The fraction of sp³-hybridized carbons (Fsp3) is 0.143. The van der Waals surface area contributed by atoms with Crippen LogP contribution in [0.4, 0.5) is 10.1 Å². The average Bonchev–Trinajstić information content (AvgIpc) is 2.94. The second-order valence-electron chi connectivity index (χ2n) is 4.15. The molecule has 0 fully saturated rings. The van der Waals surface area contributed by atoms with Gasteiger partial charge in [-0.25, -0.2) is 14.0 Å². The highest BCUT2D eigenvalue weighted by Gasteiger charge is 2.12. The molecule has 0 radical (unpaired) electrons. The topological polar surface area (TPSA) is 88.8 Å². The van der Waals surface area contributed by atoms with E-state index in [9.17, 15) is 14.0 Å². The van der Waals surface area contributed by atoms with E-state index in [-0.39, 0.29) is 23.4 Å². The quantitative estimate of drug-likeness (QED) is 0.823. The second kappa shape index (κ2) is 6.08. The number of ether oxygens (including phenoxy) is 1. The zero-order valence-corrected chi connectivity index (χ0v) is 11.1. The largest absolute Gasteiger partial charge is 0.478 e. The van der Waals surface area contributed by atoms with E-state index in [1.165, 1.54) is 31.6 Å². The maximum Gasteiger partial charge on any atom is 0.341 e. The Morgan fingerprint density at radius 3 is 2.76 bits per heavy atom. The molecular formula is C14H12FNO5. The Morgan fingerprint density at radius 2 is 2.10 bits per heavy atom. The number of benzene rings is 1. The molecule has 0 amide bonds. The van der Waals surface area contributed by atoms with E-state index in [2.05, 4.69) is 10.1 Å². The average molecular weight is 293 g/mol. The molecule has 2 rings (SSSR count). The van der Waals surface area contributed by atoms with Crippen molar-refractivity contribution in [2.75, 3.05) is 12.4 Å². The van der Waals surface area contributed by atoms with Crippen LogP contribution in [0.1, 0.15) is 26.5 Å². The molecule has 6 nitrogen and oxygen atoms in total. The van der Waals surface area contributed by atoms with Gasteiger partial charge in [0, 0.05) is 0 Å². The number of anilines is 1. The summed E-state index contributed by atoms with van der Waals surface area (Å²) in [5.74, 6) is -1.89. The van der Waals surface area contributed by atoms with Gasteiger partial charge in [0.05, 0.1) is 30.5 Å². The Bertz CT molecular complexity index is 680. The van der Waals surface area contributed by atoms with Crippen LogP contribution < -0.4 is 5.32 Å². The summed E-state index contributed by atoms with van der Waals surface area (Å²) in [6, 6.07) is 4.87. The Kier molecular flexibility index (Phi) is 4.22. The van der Waals surface area contributed by atoms with Gasteiger partial charge in [-0.15, -0.1) is 0 Å². The van der Waals surface area contributed by atoms with Crippen LogP contribution >= 0.6 is 0 Å². The molecule has 1 aromatic carbocycles. The van der Waals surface area contributed by atoms with Crippen molar-refractivity contribution in [1.29, 1.82) is 0 Å².